The number of hydrogen-bond acceptors (Lipinski definition) is 4. The molecule has 0 bridgehead atoms. The van der Waals surface area contributed by atoms with Crippen LogP contribution in [0.1, 0.15) is 24.0 Å². The molecule has 2 rings (SSSR count). The fraction of sp³-hybridized carbons (Fsp3) is 0.381. The minimum Gasteiger partial charge on any atom is -0.355 e. The number of thioether (sulfide) groups is 1. The molecule has 0 aliphatic rings. The lowest BCUT2D eigenvalue weighted by Gasteiger charge is -2.22. The number of sulfonamides is 1. The molecule has 0 heterocycles. The molecule has 0 unspecified atom stereocenters. The Hall–Kier alpha value is -1.70. The summed E-state index contributed by atoms with van der Waals surface area (Å²) in [5.41, 5.74) is 3.03. The van der Waals surface area contributed by atoms with Gasteiger partial charge in [0, 0.05) is 36.0 Å². The van der Waals surface area contributed by atoms with Gasteiger partial charge in [-0.25, -0.2) is 8.42 Å². The van der Waals surface area contributed by atoms with E-state index >= 15 is 0 Å². The normalized spacial score (nSPS) is 11.3. The number of hydrogen-bond donors (Lipinski definition) is 1. The second kappa shape index (κ2) is 11.5. The van der Waals surface area contributed by atoms with E-state index in [0.29, 0.717) is 23.7 Å². The monoisotopic (exact) mass is 454 g/mol. The Kier molecular flexibility index (Phi) is 9.33. The Labute approximate surface area is 182 Å². The Morgan fingerprint density at radius 2 is 1.90 bits per heavy atom. The number of nitrogens with zero attached hydrogens (tertiary/aromatic N) is 1. The smallest absolute Gasteiger partial charge is 0.232 e. The van der Waals surface area contributed by atoms with Gasteiger partial charge in [0.2, 0.25) is 15.9 Å². The van der Waals surface area contributed by atoms with Crippen LogP contribution in [0.15, 0.2) is 48.5 Å². The zero-order chi connectivity index (χ0) is 21.3. The summed E-state index contributed by atoms with van der Waals surface area (Å²) < 4.78 is 25.4. The van der Waals surface area contributed by atoms with Crippen molar-refractivity contribution in [3.8, 4) is 0 Å². The number of aryl methyl sites for hydroxylation is 1. The number of carbonyl (C=O) groups excluding carboxylic acids is 1. The van der Waals surface area contributed by atoms with Gasteiger partial charge in [0.25, 0.3) is 0 Å². The Bertz CT molecular complexity index is 902. The van der Waals surface area contributed by atoms with Crippen LogP contribution in [-0.2, 0) is 20.6 Å². The van der Waals surface area contributed by atoms with E-state index < -0.39 is 10.0 Å². The van der Waals surface area contributed by atoms with Gasteiger partial charge in [-0.05, 0) is 37.1 Å². The molecule has 29 heavy (non-hydrogen) atoms. The first-order valence-electron chi connectivity index (χ1n) is 9.39. The van der Waals surface area contributed by atoms with Gasteiger partial charge in [0.05, 0.1) is 11.9 Å². The van der Waals surface area contributed by atoms with Crippen molar-refractivity contribution in [1.29, 1.82) is 0 Å². The highest BCUT2D eigenvalue weighted by Crippen LogP contribution is 2.22. The molecule has 0 radical (unpaired) electrons. The molecule has 1 amide bonds. The third kappa shape index (κ3) is 8.68. The highest BCUT2D eigenvalue weighted by Gasteiger charge is 2.17. The van der Waals surface area contributed by atoms with Gasteiger partial charge in [-0.3, -0.25) is 9.10 Å². The predicted octanol–water partition coefficient (Wildman–Crippen LogP) is 4.24. The molecule has 158 valence electrons. The Morgan fingerprint density at radius 1 is 1.17 bits per heavy atom. The number of halogens is 1. The molecular formula is C21H27ClN2O3S2. The summed E-state index contributed by atoms with van der Waals surface area (Å²) in [6.07, 6.45) is 1.86. The Balaban J connectivity index is 1.69. The van der Waals surface area contributed by atoms with Gasteiger partial charge < -0.3 is 5.32 Å². The molecule has 0 aliphatic heterocycles. The summed E-state index contributed by atoms with van der Waals surface area (Å²) in [6.45, 7) is 2.89. The van der Waals surface area contributed by atoms with Crippen LogP contribution in [0.2, 0.25) is 5.02 Å². The van der Waals surface area contributed by atoms with Crippen LogP contribution in [0.4, 0.5) is 5.69 Å². The van der Waals surface area contributed by atoms with Crippen LogP contribution >= 0.6 is 23.4 Å². The summed E-state index contributed by atoms with van der Waals surface area (Å²) in [4.78, 5) is 12.0. The maximum Gasteiger partial charge on any atom is 0.232 e. The lowest BCUT2D eigenvalue weighted by atomic mass is 10.2. The maximum atomic E-state index is 12.1. The van der Waals surface area contributed by atoms with Gasteiger partial charge in [-0.15, -0.1) is 0 Å². The second-order valence-electron chi connectivity index (χ2n) is 6.81. The molecule has 0 atom stereocenters. The third-order valence-electron chi connectivity index (χ3n) is 4.22. The highest BCUT2D eigenvalue weighted by atomic mass is 35.5. The summed E-state index contributed by atoms with van der Waals surface area (Å²) in [5.74, 6) is 1.68. The lowest BCUT2D eigenvalue weighted by Crippen LogP contribution is -2.32. The molecule has 0 fully saturated rings. The second-order valence-corrected chi connectivity index (χ2v) is 10.3. The predicted molar refractivity (Wildman–Crippen MR) is 123 cm³/mol. The minimum atomic E-state index is -3.45. The van der Waals surface area contributed by atoms with Crippen LogP contribution in [0.25, 0.3) is 0 Å². The van der Waals surface area contributed by atoms with Crippen molar-refractivity contribution in [1.82, 2.24) is 5.32 Å². The number of amides is 1. The average molecular weight is 455 g/mol. The topological polar surface area (TPSA) is 66.5 Å². The zero-order valence-corrected chi connectivity index (χ0v) is 19.1. The van der Waals surface area contributed by atoms with Crippen molar-refractivity contribution in [3.05, 3.63) is 64.7 Å². The molecule has 0 saturated carbocycles. The molecule has 0 aromatic heterocycles. The van der Waals surface area contributed by atoms with Crippen molar-refractivity contribution in [2.24, 2.45) is 0 Å². The van der Waals surface area contributed by atoms with Crippen LogP contribution in [0.5, 0.6) is 0 Å². The highest BCUT2D eigenvalue weighted by molar-refractivity contribution is 7.98. The van der Waals surface area contributed by atoms with Gasteiger partial charge in [-0.2, -0.15) is 11.8 Å². The van der Waals surface area contributed by atoms with Crippen LogP contribution in [0, 0.1) is 6.92 Å². The summed E-state index contributed by atoms with van der Waals surface area (Å²) in [5, 5.41) is 3.36. The molecule has 2 aromatic carbocycles. The largest absolute Gasteiger partial charge is 0.355 e. The molecule has 8 heteroatoms. The van der Waals surface area contributed by atoms with E-state index in [1.165, 1.54) is 15.4 Å². The van der Waals surface area contributed by atoms with Crippen LogP contribution in [-0.4, -0.2) is 39.4 Å². The molecule has 0 spiro atoms. The standard InChI is InChI=1S/C21H27ClN2O3S2/c1-17-8-10-18(11-9-17)16-28-14-12-23-21(25)7-4-13-24(29(2,26)27)20-6-3-5-19(22)15-20/h3,5-6,8-11,15H,4,7,12-14,16H2,1-2H3,(H,23,25). The lowest BCUT2D eigenvalue weighted by molar-refractivity contribution is -0.121. The van der Waals surface area contributed by atoms with Crippen molar-refractivity contribution in [2.75, 3.05) is 29.4 Å². The molecule has 0 saturated heterocycles. The van der Waals surface area contributed by atoms with E-state index in [1.807, 2.05) is 0 Å². The third-order valence-corrected chi connectivity index (χ3v) is 6.68. The van der Waals surface area contributed by atoms with Crippen molar-refractivity contribution in [2.45, 2.75) is 25.5 Å². The molecule has 5 nitrogen and oxygen atoms in total. The van der Waals surface area contributed by atoms with E-state index in [1.54, 1.807) is 36.0 Å². The van der Waals surface area contributed by atoms with Crippen LogP contribution in [0.3, 0.4) is 0 Å². The fourth-order valence-corrected chi connectivity index (χ4v) is 4.69. The molecule has 0 aliphatic carbocycles. The molecule has 1 N–H and O–H groups in total. The van der Waals surface area contributed by atoms with E-state index in [2.05, 4.69) is 36.5 Å². The SMILES string of the molecule is Cc1ccc(CSCCNC(=O)CCCN(c2cccc(Cl)c2)S(C)(=O)=O)cc1. The van der Waals surface area contributed by atoms with Gasteiger partial charge in [0.15, 0.2) is 0 Å². The first kappa shape index (κ1) is 23.6. The summed E-state index contributed by atoms with van der Waals surface area (Å²) >= 11 is 7.73. The van der Waals surface area contributed by atoms with Crippen molar-refractivity contribution in [3.63, 3.8) is 0 Å². The molecular weight excluding hydrogens is 428 g/mol. The summed E-state index contributed by atoms with van der Waals surface area (Å²) in [6, 6.07) is 15.1. The quantitative estimate of drug-likeness (QED) is 0.515. The van der Waals surface area contributed by atoms with E-state index in [-0.39, 0.29) is 18.9 Å². The van der Waals surface area contributed by atoms with E-state index in [4.69, 9.17) is 11.6 Å². The number of benzene rings is 2. The number of anilines is 1. The van der Waals surface area contributed by atoms with Crippen molar-refractivity contribution < 1.29 is 13.2 Å². The molecule has 2 aromatic rings. The zero-order valence-electron chi connectivity index (χ0n) is 16.7. The Morgan fingerprint density at radius 3 is 2.55 bits per heavy atom. The van der Waals surface area contributed by atoms with Gasteiger partial charge >= 0.3 is 0 Å². The van der Waals surface area contributed by atoms with Gasteiger partial charge in [-0.1, -0.05) is 47.5 Å². The maximum absolute atomic E-state index is 12.1. The number of nitrogens with one attached hydrogen (secondary N) is 1. The minimum absolute atomic E-state index is 0.0690. The van der Waals surface area contributed by atoms with E-state index in [9.17, 15) is 13.2 Å². The van der Waals surface area contributed by atoms with E-state index in [0.717, 1.165) is 17.8 Å². The van der Waals surface area contributed by atoms with Crippen molar-refractivity contribution >= 4 is 45.0 Å². The first-order chi connectivity index (χ1) is 13.8. The van der Waals surface area contributed by atoms with Crippen LogP contribution < -0.4 is 9.62 Å². The average Bonchev–Trinajstić information content (AvgIpc) is 2.65. The van der Waals surface area contributed by atoms with Gasteiger partial charge in [0.1, 0.15) is 0 Å². The number of carbonyl (C=O) groups is 1. The fourth-order valence-electron chi connectivity index (χ4n) is 2.73. The first-order valence-corrected chi connectivity index (χ1v) is 12.8. The summed E-state index contributed by atoms with van der Waals surface area (Å²) in [7, 11) is -3.45. The number of rotatable bonds is 11.